The van der Waals surface area contributed by atoms with Gasteiger partial charge in [-0.1, -0.05) is 54.6 Å². The van der Waals surface area contributed by atoms with Gasteiger partial charge in [-0.15, -0.1) is 0 Å². The molecule has 6 nitrogen and oxygen atoms in total. The van der Waals surface area contributed by atoms with Gasteiger partial charge in [0.1, 0.15) is 5.54 Å². The van der Waals surface area contributed by atoms with E-state index in [1.54, 1.807) is 13.0 Å². The van der Waals surface area contributed by atoms with Crippen LogP contribution in [-0.4, -0.2) is 31.0 Å². The van der Waals surface area contributed by atoms with E-state index in [0.717, 1.165) is 27.8 Å². The number of carbonyl (C=O) groups is 2. The average molecular weight is 444 g/mol. The van der Waals surface area contributed by atoms with Gasteiger partial charge in [-0.2, -0.15) is 8.78 Å². The first-order valence-corrected chi connectivity index (χ1v) is 10.9. The number of imide groups is 1. The minimum atomic E-state index is -4.71. The quantitative estimate of drug-likeness (QED) is 0.607. The number of hydrogen-bond acceptors (Lipinski definition) is 4. The number of nitrogens with one attached hydrogen (secondary N) is 1. The molecule has 31 heavy (non-hydrogen) atoms. The topological polar surface area (TPSA) is 83.6 Å². The highest BCUT2D eigenvalue weighted by Gasteiger charge is 2.49. The Kier molecular flexibility index (Phi) is 5.01. The van der Waals surface area contributed by atoms with Crippen LogP contribution in [0.5, 0.6) is 0 Å². The van der Waals surface area contributed by atoms with Crippen LogP contribution in [0.2, 0.25) is 0 Å². The van der Waals surface area contributed by atoms with Crippen molar-refractivity contribution >= 4 is 32.5 Å². The molecule has 1 atom stereocenters. The molecule has 0 radical (unpaired) electrons. The number of benzene rings is 3. The zero-order valence-corrected chi connectivity index (χ0v) is 17.2. The van der Waals surface area contributed by atoms with Crippen molar-refractivity contribution in [3.05, 3.63) is 77.9 Å². The summed E-state index contributed by atoms with van der Waals surface area (Å²) in [6.07, 6.45) is 0. The number of carbonyl (C=O) groups excluding carboxylic acids is 2. The summed E-state index contributed by atoms with van der Waals surface area (Å²) < 4.78 is 48.5. The van der Waals surface area contributed by atoms with Crippen LogP contribution in [0.4, 0.5) is 13.6 Å². The molecule has 1 fully saturated rings. The third kappa shape index (κ3) is 3.44. The number of nitrogens with zero attached hydrogens (tertiary/aromatic N) is 1. The molecule has 0 bridgehead atoms. The van der Waals surface area contributed by atoms with Crippen molar-refractivity contribution in [2.45, 2.75) is 29.7 Å². The summed E-state index contributed by atoms with van der Waals surface area (Å²) in [4.78, 5) is 26.4. The Balaban J connectivity index is 1.63. The van der Waals surface area contributed by atoms with Crippen LogP contribution in [0.1, 0.15) is 18.1 Å². The molecule has 1 N–H and O–H groups in total. The molecule has 0 spiro atoms. The number of fused-ring (bicyclic) bond motifs is 1. The predicted octanol–water partition coefficient (Wildman–Crippen LogP) is 3.80. The molecule has 1 heterocycles. The Labute approximate surface area is 177 Å². The first kappa shape index (κ1) is 20.9. The fraction of sp³-hybridized carbons (Fsp3) is 0.182. The monoisotopic (exact) mass is 444 g/mol. The van der Waals surface area contributed by atoms with Gasteiger partial charge in [-0.05, 0) is 41.0 Å². The Morgan fingerprint density at radius 3 is 2.29 bits per heavy atom. The summed E-state index contributed by atoms with van der Waals surface area (Å²) in [5, 5.41) is 4.52. The fourth-order valence-electron chi connectivity index (χ4n) is 3.75. The highest BCUT2D eigenvalue weighted by Crippen LogP contribution is 2.34. The number of halogens is 2. The van der Waals surface area contributed by atoms with E-state index >= 15 is 0 Å². The van der Waals surface area contributed by atoms with Crippen molar-refractivity contribution in [3.8, 4) is 0 Å². The SMILES string of the molecule is C[C@]1(c2cccc3ccccc23)NC(=O)N(Cc2ccc(S(=O)(=O)C(F)F)cc2)C1=O. The maximum atomic E-state index is 13.2. The lowest BCUT2D eigenvalue weighted by Gasteiger charge is -2.24. The zero-order chi connectivity index (χ0) is 22.4. The molecular formula is C22H18F2N2O4S. The highest BCUT2D eigenvalue weighted by molar-refractivity contribution is 7.91. The Hall–Kier alpha value is -3.33. The molecule has 9 heteroatoms. The second kappa shape index (κ2) is 7.42. The molecule has 1 aliphatic rings. The van der Waals surface area contributed by atoms with E-state index in [-0.39, 0.29) is 6.54 Å². The number of urea groups is 1. The van der Waals surface area contributed by atoms with Crippen LogP contribution in [0.15, 0.2) is 71.6 Å². The summed E-state index contributed by atoms with van der Waals surface area (Å²) in [5.41, 5.74) is -0.194. The van der Waals surface area contributed by atoms with E-state index in [0.29, 0.717) is 11.1 Å². The summed E-state index contributed by atoms with van der Waals surface area (Å²) in [7, 11) is -4.71. The van der Waals surface area contributed by atoms with E-state index in [2.05, 4.69) is 5.32 Å². The minimum Gasteiger partial charge on any atom is -0.319 e. The van der Waals surface area contributed by atoms with Crippen LogP contribution in [0.3, 0.4) is 0 Å². The van der Waals surface area contributed by atoms with Crippen LogP contribution in [0, 0.1) is 0 Å². The maximum absolute atomic E-state index is 13.2. The summed E-state index contributed by atoms with van der Waals surface area (Å²) in [6.45, 7) is 1.51. The predicted molar refractivity (Wildman–Crippen MR) is 110 cm³/mol. The second-order valence-electron chi connectivity index (χ2n) is 7.42. The lowest BCUT2D eigenvalue weighted by Crippen LogP contribution is -2.41. The maximum Gasteiger partial charge on any atom is 0.341 e. The fourth-order valence-corrected chi connectivity index (χ4v) is 4.48. The first-order chi connectivity index (χ1) is 14.6. The number of alkyl halides is 2. The van der Waals surface area contributed by atoms with E-state index in [1.807, 2.05) is 36.4 Å². The molecule has 0 aromatic heterocycles. The van der Waals surface area contributed by atoms with E-state index < -0.39 is 38.0 Å². The standard InChI is InChI=1S/C22H18F2N2O4S/c1-22(18-8-4-6-15-5-2-3-7-17(15)18)19(27)26(21(28)25-22)13-14-9-11-16(12-10-14)31(29,30)20(23)24/h2-12,20H,13H2,1H3,(H,25,28)/t22-/m1/s1. The van der Waals surface area contributed by atoms with Gasteiger partial charge in [0.15, 0.2) is 0 Å². The second-order valence-corrected chi connectivity index (χ2v) is 9.34. The summed E-state index contributed by atoms with van der Waals surface area (Å²) in [6, 6.07) is 17.1. The van der Waals surface area contributed by atoms with Gasteiger partial charge >= 0.3 is 11.8 Å². The molecule has 0 unspecified atom stereocenters. The van der Waals surface area contributed by atoms with Crippen molar-refractivity contribution in [2.24, 2.45) is 0 Å². The third-order valence-electron chi connectivity index (χ3n) is 5.43. The van der Waals surface area contributed by atoms with E-state index in [9.17, 15) is 26.8 Å². The van der Waals surface area contributed by atoms with Crippen LogP contribution in [-0.2, 0) is 26.7 Å². The van der Waals surface area contributed by atoms with Gasteiger partial charge in [0.05, 0.1) is 11.4 Å². The molecule has 0 aliphatic carbocycles. The van der Waals surface area contributed by atoms with Gasteiger partial charge < -0.3 is 5.32 Å². The van der Waals surface area contributed by atoms with E-state index in [4.69, 9.17) is 0 Å². The van der Waals surface area contributed by atoms with Gasteiger partial charge in [-0.25, -0.2) is 13.2 Å². The van der Waals surface area contributed by atoms with Crippen LogP contribution in [0.25, 0.3) is 10.8 Å². The van der Waals surface area contributed by atoms with E-state index in [1.165, 1.54) is 12.1 Å². The third-order valence-corrected chi connectivity index (χ3v) is 6.83. The largest absolute Gasteiger partial charge is 0.341 e. The molecular weight excluding hydrogens is 426 g/mol. The summed E-state index contributed by atoms with van der Waals surface area (Å²) >= 11 is 0. The Morgan fingerprint density at radius 2 is 1.61 bits per heavy atom. The van der Waals surface area contributed by atoms with Crippen molar-refractivity contribution in [1.29, 1.82) is 0 Å². The smallest absolute Gasteiger partial charge is 0.319 e. The lowest BCUT2D eigenvalue weighted by atomic mass is 9.88. The normalized spacial score (nSPS) is 19.3. The van der Waals surface area contributed by atoms with Crippen molar-refractivity contribution in [3.63, 3.8) is 0 Å². The number of sulfone groups is 1. The molecule has 0 saturated carbocycles. The Morgan fingerprint density at radius 1 is 0.968 bits per heavy atom. The van der Waals surface area contributed by atoms with Gasteiger partial charge in [0.2, 0.25) is 9.84 Å². The minimum absolute atomic E-state index is 0.125. The number of amides is 3. The van der Waals surface area contributed by atoms with Crippen molar-refractivity contribution < 1.29 is 26.8 Å². The molecule has 4 rings (SSSR count). The molecule has 3 aromatic carbocycles. The van der Waals surface area contributed by atoms with Crippen LogP contribution < -0.4 is 5.32 Å². The number of rotatable bonds is 5. The van der Waals surface area contributed by atoms with Gasteiger partial charge in [0, 0.05) is 0 Å². The Bertz CT molecular complexity index is 1290. The van der Waals surface area contributed by atoms with Crippen molar-refractivity contribution in [2.75, 3.05) is 0 Å². The zero-order valence-electron chi connectivity index (χ0n) is 16.4. The molecule has 1 aliphatic heterocycles. The molecule has 3 amide bonds. The van der Waals surface area contributed by atoms with Gasteiger partial charge in [0.25, 0.3) is 5.91 Å². The summed E-state index contributed by atoms with van der Waals surface area (Å²) in [5.74, 6) is -3.98. The lowest BCUT2D eigenvalue weighted by molar-refractivity contribution is -0.131. The first-order valence-electron chi connectivity index (χ1n) is 9.38. The molecule has 3 aromatic rings. The highest BCUT2D eigenvalue weighted by atomic mass is 32.2. The molecule has 1 saturated heterocycles. The molecule has 160 valence electrons. The van der Waals surface area contributed by atoms with Crippen molar-refractivity contribution in [1.82, 2.24) is 10.2 Å². The average Bonchev–Trinajstić information content (AvgIpc) is 2.97. The van der Waals surface area contributed by atoms with Gasteiger partial charge in [-0.3, -0.25) is 9.69 Å². The number of hydrogen-bond donors (Lipinski definition) is 1. The van der Waals surface area contributed by atoms with Crippen LogP contribution >= 0.6 is 0 Å².